The minimum absolute atomic E-state index is 0.254. The van der Waals surface area contributed by atoms with E-state index in [0.29, 0.717) is 0 Å². The maximum atomic E-state index is 13.0. The van der Waals surface area contributed by atoms with Crippen molar-refractivity contribution in [3.8, 4) is 0 Å². The van der Waals surface area contributed by atoms with Crippen molar-refractivity contribution in [2.75, 3.05) is 26.7 Å². The number of hydrogen-bond acceptors (Lipinski definition) is 3. The van der Waals surface area contributed by atoms with Gasteiger partial charge in [0.2, 0.25) is 0 Å². The summed E-state index contributed by atoms with van der Waals surface area (Å²) in [6, 6.07) is 1.56. The molecule has 3 nitrogen and oxygen atoms in total. The highest BCUT2D eigenvalue weighted by Crippen LogP contribution is 2.12. The van der Waals surface area contributed by atoms with Crippen molar-refractivity contribution in [3.05, 3.63) is 29.8 Å². The smallest absolute Gasteiger partial charge is 0.141 e. The number of nitrogens with zero attached hydrogens (tertiary/aromatic N) is 2. The van der Waals surface area contributed by atoms with Crippen molar-refractivity contribution >= 4 is 0 Å². The number of nitrogens with one attached hydrogen (secondary N) is 1. The van der Waals surface area contributed by atoms with Gasteiger partial charge in [-0.2, -0.15) is 0 Å². The van der Waals surface area contributed by atoms with Gasteiger partial charge < -0.3 is 10.2 Å². The Morgan fingerprint density at radius 1 is 1.53 bits per heavy atom. The van der Waals surface area contributed by atoms with Gasteiger partial charge in [-0.3, -0.25) is 4.98 Å². The predicted octanol–water partition coefficient (Wildman–Crippen LogP) is 1.65. The topological polar surface area (TPSA) is 28.2 Å². The van der Waals surface area contributed by atoms with Gasteiger partial charge in [0, 0.05) is 19.3 Å². The van der Waals surface area contributed by atoms with Crippen LogP contribution in [-0.2, 0) is 6.54 Å². The zero-order chi connectivity index (χ0) is 12.1. The second-order valence-corrected chi connectivity index (χ2v) is 4.92. The molecule has 2 rings (SSSR count). The van der Waals surface area contributed by atoms with Gasteiger partial charge in [-0.25, -0.2) is 4.39 Å². The van der Waals surface area contributed by atoms with E-state index in [2.05, 4.69) is 22.2 Å². The quantitative estimate of drug-likeness (QED) is 0.863. The fourth-order valence-electron chi connectivity index (χ4n) is 2.44. The summed E-state index contributed by atoms with van der Waals surface area (Å²) in [5, 5.41) is 3.41. The Bertz CT molecular complexity index is 350. The van der Waals surface area contributed by atoms with E-state index in [-0.39, 0.29) is 5.82 Å². The van der Waals surface area contributed by atoms with Crippen molar-refractivity contribution < 1.29 is 4.39 Å². The molecule has 1 N–H and O–H groups in total. The first kappa shape index (κ1) is 12.5. The average Bonchev–Trinajstić information content (AvgIpc) is 2.30. The first-order valence-corrected chi connectivity index (χ1v) is 6.23. The fourth-order valence-corrected chi connectivity index (χ4v) is 2.44. The average molecular weight is 237 g/mol. The molecule has 4 heteroatoms. The van der Waals surface area contributed by atoms with Crippen molar-refractivity contribution in [1.29, 1.82) is 0 Å². The summed E-state index contributed by atoms with van der Waals surface area (Å²) in [7, 11) is 2.08. The summed E-state index contributed by atoms with van der Waals surface area (Å²) >= 11 is 0. The molecule has 1 aromatic rings. The van der Waals surface area contributed by atoms with E-state index < -0.39 is 0 Å². The van der Waals surface area contributed by atoms with E-state index >= 15 is 0 Å². The van der Waals surface area contributed by atoms with Crippen LogP contribution in [0, 0.1) is 11.7 Å². The van der Waals surface area contributed by atoms with Crippen LogP contribution >= 0.6 is 0 Å². The Morgan fingerprint density at radius 3 is 3.12 bits per heavy atom. The van der Waals surface area contributed by atoms with Gasteiger partial charge >= 0.3 is 0 Å². The summed E-state index contributed by atoms with van der Waals surface area (Å²) in [4.78, 5) is 6.11. The van der Waals surface area contributed by atoms with Crippen LogP contribution in [0.2, 0.25) is 0 Å². The molecule has 0 bridgehead atoms. The van der Waals surface area contributed by atoms with Crippen LogP contribution in [0.3, 0.4) is 0 Å². The van der Waals surface area contributed by atoms with Crippen LogP contribution in [0.1, 0.15) is 18.4 Å². The highest BCUT2D eigenvalue weighted by molar-refractivity contribution is 5.09. The third-order valence-electron chi connectivity index (χ3n) is 3.18. The molecule has 0 saturated carbocycles. The number of halogens is 1. The van der Waals surface area contributed by atoms with Crippen molar-refractivity contribution in [3.63, 3.8) is 0 Å². The second-order valence-electron chi connectivity index (χ2n) is 4.92. The van der Waals surface area contributed by atoms with Crippen molar-refractivity contribution in [2.45, 2.75) is 19.4 Å². The first-order chi connectivity index (χ1) is 8.24. The molecular formula is C13H20FN3. The summed E-state index contributed by atoms with van der Waals surface area (Å²) in [5.74, 6) is 0.463. The molecule has 0 aliphatic carbocycles. The molecule has 1 aliphatic rings. The van der Waals surface area contributed by atoms with Gasteiger partial charge in [-0.15, -0.1) is 0 Å². The minimum Gasteiger partial charge on any atom is -0.316 e. The lowest BCUT2D eigenvalue weighted by Gasteiger charge is -2.27. The Balaban J connectivity index is 1.82. The van der Waals surface area contributed by atoms with Crippen LogP contribution in [0.15, 0.2) is 18.5 Å². The minimum atomic E-state index is -0.254. The predicted molar refractivity (Wildman–Crippen MR) is 66.1 cm³/mol. The highest BCUT2D eigenvalue weighted by atomic mass is 19.1. The molecule has 0 spiro atoms. The van der Waals surface area contributed by atoms with Gasteiger partial charge in [-0.05, 0) is 50.5 Å². The summed E-state index contributed by atoms with van der Waals surface area (Å²) < 4.78 is 13.0. The lowest BCUT2D eigenvalue weighted by atomic mass is 9.99. The van der Waals surface area contributed by atoms with Crippen LogP contribution < -0.4 is 5.32 Å². The third-order valence-corrected chi connectivity index (χ3v) is 3.18. The number of rotatable bonds is 4. The van der Waals surface area contributed by atoms with Gasteiger partial charge in [0.15, 0.2) is 0 Å². The fraction of sp³-hybridized carbons (Fsp3) is 0.615. The molecule has 1 aromatic heterocycles. The lowest BCUT2D eigenvalue weighted by molar-refractivity contribution is 0.237. The van der Waals surface area contributed by atoms with E-state index in [1.807, 2.05) is 0 Å². The molecule has 2 heterocycles. The van der Waals surface area contributed by atoms with E-state index in [9.17, 15) is 4.39 Å². The lowest BCUT2D eigenvalue weighted by Crippen LogP contribution is -2.36. The monoisotopic (exact) mass is 237 g/mol. The standard InChI is InChI=1S/C13H20FN3/c1-17(9-11-3-2-4-15-6-11)10-12-5-13(14)8-16-7-12/h5,7-8,11,15H,2-4,6,9-10H2,1H3. The van der Waals surface area contributed by atoms with Crippen LogP contribution in [0.5, 0.6) is 0 Å². The van der Waals surface area contributed by atoms with E-state index in [4.69, 9.17) is 0 Å². The molecule has 0 radical (unpaired) electrons. The molecule has 94 valence electrons. The molecule has 1 fully saturated rings. The van der Waals surface area contributed by atoms with Crippen molar-refractivity contribution in [2.24, 2.45) is 5.92 Å². The molecule has 0 aromatic carbocycles. The normalized spacial score (nSPS) is 20.8. The van der Waals surface area contributed by atoms with E-state index in [1.165, 1.54) is 19.0 Å². The number of pyridine rings is 1. The SMILES string of the molecule is CN(Cc1cncc(F)c1)CC1CCCNC1. The Kier molecular flexibility index (Phi) is 4.45. The van der Waals surface area contributed by atoms with Gasteiger partial charge in [-0.1, -0.05) is 0 Å². The summed E-state index contributed by atoms with van der Waals surface area (Å²) in [5.41, 5.74) is 0.941. The number of piperidine rings is 1. The summed E-state index contributed by atoms with van der Waals surface area (Å²) in [6.45, 7) is 4.07. The molecule has 17 heavy (non-hydrogen) atoms. The zero-order valence-corrected chi connectivity index (χ0v) is 10.3. The van der Waals surface area contributed by atoms with Gasteiger partial charge in [0.05, 0.1) is 6.20 Å². The zero-order valence-electron chi connectivity index (χ0n) is 10.3. The van der Waals surface area contributed by atoms with Crippen LogP contribution in [-0.4, -0.2) is 36.6 Å². The maximum Gasteiger partial charge on any atom is 0.141 e. The van der Waals surface area contributed by atoms with Crippen LogP contribution in [0.25, 0.3) is 0 Å². The highest BCUT2D eigenvalue weighted by Gasteiger charge is 2.15. The first-order valence-electron chi connectivity index (χ1n) is 6.23. The maximum absolute atomic E-state index is 13.0. The van der Waals surface area contributed by atoms with Crippen molar-refractivity contribution in [1.82, 2.24) is 15.2 Å². The molecule has 0 amide bonds. The van der Waals surface area contributed by atoms with E-state index in [1.54, 1.807) is 12.3 Å². The molecule has 1 saturated heterocycles. The van der Waals surface area contributed by atoms with Gasteiger partial charge in [0.1, 0.15) is 5.82 Å². The third kappa shape index (κ3) is 4.06. The number of aromatic nitrogens is 1. The van der Waals surface area contributed by atoms with Crippen LogP contribution in [0.4, 0.5) is 4.39 Å². The Hall–Kier alpha value is -1.00. The molecule has 1 unspecified atom stereocenters. The number of hydrogen-bond donors (Lipinski definition) is 1. The van der Waals surface area contributed by atoms with Gasteiger partial charge in [0.25, 0.3) is 0 Å². The molecule has 1 atom stereocenters. The Labute approximate surface area is 102 Å². The molecular weight excluding hydrogens is 217 g/mol. The van der Waals surface area contributed by atoms with E-state index in [0.717, 1.165) is 37.7 Å². The largest absolute Gasteiger partial charge is 0.316 e. The molecule has 1 aliphatic heterocycles. The Morgan fingerprint density at radius 2 is 2.41 bits per heavy atom. The summed E-state index contributed by atoms with van der Waals surface area (Å²) in [6.07, 6.45) is 5.53. The second kappa shape index (κ2) is 6.07.